The Bertz CT molecular complexity index is 446. The number of likely N-dealkylation sites (tertiary alicyclic amines) is 1. The van der Waals surface area contributed by atoms with E-state index >= 15 is 0 Å². The van der Waals surface area contributed by atoms with Crippen molar-refractivity contribution < 1.29 is 19.5 Å². The van der Waals surface area contributed by atoms with E-state index in [1.54, 1.807) is 4.90 Å². The summed E-state index contributed by atoms with van der Waals surface area (Å²) >= 11 is 0. The van der Waals surface area contributed by atoms with Gasteiger partial charge in [-0.3, -0.25) is 14.4 Å². The van der Waals surface area contributed by atoms with Crippen LogP contribution in [0.15, 0.2) is 5.10 Å². The van der Waals surface area contributed by atoms with Crippen LogP contribution < -0.4 is 0 Å². The largest absolute Gasteiger partial charge is 0.481 e. The van der Waals surface area contributed by atoms with Gasteiger partial charge in [0.25, 0.3) is 5.91 Å². The van der Waals surface area contributed by atoms with E-state index in [2.05, 4.69) is 5.10 Å². The molecule has 0 aliphatic carbocycles. The summed E-state index contributed by atoms with van der Waals surface area (Å²) in [5.41, 5.74) is 0.387. The first-order chi connectivity index (χ1) is 8.97. The number of carboxylic acids is 1. The first kappa shape index (κ1) is 13.5. The third-order valence-corrected chi connectivity index (χ3v) is 3.49. The maximum atomic E-state index is 12.2. The highest BCUT2D eigenvalue weighted by atomic mass is 16.4. The van der Waals surface area contributed by atoms with Crippen molar-refractivity contribution in [3.8, 4) is 0 Å². The van der Waals surface area contributed by atoms with Gasteiger partial charge in [0, 0.05) is 39.4 Å². The summed E-state index contributed by atoms with van der Waals surface area (Å²) in [6, 6.07) is 0. The van der Waals surface area contributed by atoms with Crippen molar-refractivity contribution in [2.45, 2.75) is 25.7 Å². The van der Waals surface area contributed by atoms with Gasteiger partial charge in [-0.15, -0.1) is 0 Å². The van der Waals surface area contributed by atoms with E-state index in [0.717, 1.165) is 0 Å². The van der Waals surface area contributed by atoms with Crippen molar-refractivity contribution in [3.63, 3.8) is 0 Å². The Labute approximate surface area is 110 Å². The minimum atomic E-state index is -0.834. The molecule has 1 N–H and O–H groups in total. The molecule has 7 heteroatoms. The number of hydrazone groups is 1. The molecule has 0 radical (unpaired) electrons. The molecule has 2 amide bonds. The van der Waals surface area contributed by atoms with Gasteiger partial charge in [-0.05, 0) is 12.3 Å². The van der Waals surface area contributed by atoms with E-state index in [1.807, 2.05) is 0 Å². The highest BCUT2D eigenvalue weighted by molar-refractivity contribution is 6.39. The van der Waals surface area contributed by atoms with Crippen molar-refractivity contribution in [2.24, 2.45) is 11.0 Å². The summed E-state index contributed by atoms with van der Waals surface area (Å²) in [5, 5.41) is 13.9. The minimum Gasteiger partial charge on any atom is -0.481 e. The van der Waals surface area contributed by atoms with Gasteiger partial charge in [-0.2, -0.15) is 5.10 Å². The average Bonchev–Trinajstić information content (AvgIpc) is 2.79. The lowest BCUT2D eigenvalue weighted by Gasteiger charge is -2.22. The molecule has 2 aliphatic heterocycles. The van der Waals surface area contributed by atoms with Gasteiger partial charge in [-0.1, -0.05) is 0 Å². The number of carboxylic acid groups (broad SMARTS) is 1. The number of hydrogen-bond acceptors (Lipinski definition) is 4. The van der Waals surface area contributed by atoms with Crippen molar-refractivity contribution in [2.75, 3.05) is 20.1 Å². The molecule has 1 saturated heterocycles. The Morgan fingerprint density at radius 1 is 1.42 bits per heavy atom. The second-order valence-electron chi connectivity index (χ2n) is 4.97. The van der Waals surface area contributed by atoms with Gasteiger partial charge < -0.3 is 10.0 Å². The van der Waals surface area contributed by atoms with E-state index in [-0.39, 0.29) is 24.2 Å². The normalized spacial score (nSPS) is 23.5. The zero-order valence-corrected chi connectivity index (χ0v) is 10.8. The SMILES string of the molecule is CN1N=C(C(=O)N2CCC(CC(=O)O)C2)CCC1=O. The summed E-state index contributed by atoms with van der Waals surface area (Å²) in [6.07, 6.45) is 1.46. The van der Waals surface area contributed by atoms with Crippen LogP contribution in [0.2, 0.25) is 0 Å². The molecule has 1 fully saturated rings. The van der Waals surface area contributed by atoms with Crippen LogP contribution in [-0.4, -0.2) is 58.6 Å². The Morgan fingerprint density at radius 3 is 2.79 bits per heavy atom. The fraction of sp³-hybridized carbons (Fsp3) is 0.667. The second-order valence-corrected chi connectivity index (χ2v) is 4.97. The number of carbonyl (C=O) groups is 3. The molecule has 7 nitrogen and oxygen atoms in total. The Kier molecular flexibility index (Phi) is 3.82. The number of carbonyl (C=O) groups excluding carboxylic acids is 2. The van der Waals surface area contributed by atoms with Gasteiger partial charge in [0.15, 0.2) is 0 Å². The summed E-state index contributed by atoms with van der Waals surface area (Å²) in [4.78, 5) is 35.8. The Morgan fingerprint density at radius 2 is 2.16 bits per heavy atom. The minimum absolute atomic E-state index is 0.0185. The van der Waals surface area contributed by atoms with Crippen LogP contribution in [0, 0.1) is 5.92 Å². The molecule has 0 spiro atoms. The Hall–Kier alpha value is -1.92. The summed E-state index contributed by atoms with van der Waals surface area (Å²) in [5.74, 6) is -1.08. The van der Waals surface area contributed by atoms with Crippen LogP contribution in [-0.2, 0) is 14.4 Å². The molecule has 104 valence electrons. The molecule has 2 rings (SSSR count). The number of aliphatic carboxylic acids is 1. The number of rotatable bonds is 3. The zero-order chi connectivity index (χ0) is 14.0. The van der Waals surface area contributed by atoms with Crippen molar-refractivity contribution >= 4 is 23.5 Å². The molecule has 0 aromatic carbocycles. The highest BCUT2D eigenvalue weighted by Gasteiger charge is 2.31. The van der Waals surface area contributed by atoms with Crippen LogP contribution >= 0.6 is 0 Å². The molecule has 19 heavy (non-hydrogen) atoms. The Balaban J connectivity index is 1.96. The lowest BCUT2D eigenvalue weighted by Crippen LogP contribution is -2.39. The van der Waals surface area contributed by atoms with Crippen molar-refractivity contribution in [1.29, 1.82) is 0 Å². The lowest BCUT2D eigenvalue weighted by atomic mass is 10.1. The van der Waals surface area contributed by atoms with Crippen LogP contribution in [0.5, 0.6) is 0 Å². The number of nitrogens with zero attached hydrogens (tertiary/aromatic N) is 3. The van der Waals surface area contributed by atoms with Gasteiger partial charge >= 0.3 is 5.97 Å². The molecule has 0 aromatic rings. The first-order valence-corrected chi connectivity index (χ1v) is 6.32. The standard InChI is InChI=1S/C12H17N3O4/c1-14-10(16)3-2-9(13-14)12(19)15-5-4-8(7-15)6-11(17)18/h8H,2-7H2,1H3,(H,17,18). The summed E-state index contributed by atoms with van der Waals surface area (Å²) in [7, 11) is 1.53. The topological polar surface area (TPSA) is 90.3 Å². The second kappa shape index (κ2) is 5.38. The summed E-state index contributed by atoms with van der Waals surface area (Å²) in [6.45, 7) is 1.02. The number of amides is 2. The molecular weight excluding hydrogens is 250 g/mol. The van der Waals surface area contributed by atoms with E-state index in [1.165, 1.54) is 12.1 Å². The van der Waals surface area contributed by atoms with E-state index in [9.17, 15) is 14.4 Å². The fourth-order valence-electron chi connectivity index (χ4n) is 2.44. The molecule has 0 aromatic heterocycles. The van der Waals surface area contributed by atoms with Gasteiger partial charge in [0.1, 0.15) is 5.71 Å². The molecule has 0 bridgehead atoms. The van der Waals surface area contributed by atoms with Gasteiger partial charge in [-0.25, -0.2) is 5.01 Å². The van der Waals surface area contributed by atoms with Crippen molar-refractivity contribution in [1.82, 2.24) is 9.91 Å². The molecule has 1 atom stereocenters. The highest BCUT2D eigenvalue weighted by Crippen LogP contribution is 2.21. The summed E-state index contributed by atoms with van der Waals surface area (Å²) < 4.78 is 0. The molecule has 2 heterocycles. The van der Waals surface area contributed by atoms with Crippen LogP contribution in [0.4, 0.5) is 0 Å². The van der Waals surface area contributed by atoms with Crippen LogP contribution in [0.3, 0.4) is 0 Å². The van der Waals surface area contributed by atoms with E-state index in [0.29, 0.717) is 38.1 Å². The third-order valence-electron chi connectivity index (χ3n) is 3.49. The first-order valence-electron chi connectivity index (χ1n) is 6.32. The molecule has 1 unspecified atom stereocenters. The molecular formula is C12H17N3O4. The maximum absolute atomic E-state index is 12.2. The van der Waals surface area contributed by atoms with E-state index in [4.69, 9.17) is 5.11 Å². The quantitative estimate of drug-likeness (QED) is 0.774. The fourth-order valence-corrected chi connectivity index (χ4v) is 2.44. The van der Waals surface area contributed by atoms with Crippen LogP contribution in [0.25, 0.3) is 0 Å². The van der Waals surface area contributed by atoms with Gasteiger partial charge in [0.05, 0.1) is 0 Å². The van der Waals surface area contributed by atoms with Crippen LogP contribution in [0.1, 0.15) is 25.7 Å². The number of hydrogen-bond donors (Lipinski definition) is 1. The lowest BCUT2D eigenvalue weighted by molar-refractivity contribution is -0.138. The monoisotopic (exact) mass is 267 g/mol. The van der Waals surface area contributed by atoms with Crippen molar-refractivity contribution in [3.05, 3.63) is 0 Å². The molecule has 2 aliphatic rings. The average molecular weight is 267 g/mol. The van der Waals surface area contributed by atoms with Gasteiger partial charge in [0.2, 0.25) is 5.91 Å². The third kappa shape index (κ3) is 3.10. The smallest absolute Gasteiger partial charge is 0.303 e. The predicted octanol–water partition coefficient (Wildman–Crippen LogP) is -0.0822. The maximum Gasteiger partial charge on any atom is 0.303 e. The molecule has 0 saturated carbocycles. The zero-order valence-electron chi connectivity index (χ0n) is 10.8. The predicted molar refractivity (Wildman–Crippen MR) is 66.4 cm³/mol. The van der Waals surface area contributed by atoms with E-state index < -0.39 is 5.97 Å².